The molecule has 0 aliphatic carbocycles. The topological polar surface area (TPSA) is 38.0 Å². The number of aliphatic hydroxyl groups excluding tert-OH is 1. The summed E-state index contributed by atoms with van der Waals surface area (Å²) in [7, 11) is 0. The van der Waals surface area contributed by atoms with Gasteiger partial charge in [-0.1, -0.05) is 29.3 Å². The molecule has 0 spiro atoms. The van der Waals surface area contributed by atoms with Crippen molar-refractivity contribution >= 4 is 23.2 Å². The number of rotatable bonds is 3. The van der Waals surface area contributed by atoms with Gasteiger partial charge >= 0.3 is 0 Å². The van der Waals surface area contributed by atoms with E-state index in [0.717, 1.165) is 0 Å². The van der Waals surface area contributed by atoms with Crippen LogP contribution in [0.15, 0.2) is 24.4 Å². The summed E-state index contributed by atoms with van der Waals surface area (Å²) in [6, 6.07) is 4.14. The van der Waals surface area contributed by atoms with Crippen molar-refractivity contribution in [3.05, 3.63) is 51.5 Å². The molecule has 0 fully saturated rings. The molecule has 1 heterocycles. The summed E-state index contributed by atoms with van der Waals surface area (Å²) < 4.78 is 14.9. The van der Waals surface area contributed by atoms with Crippen molar-refractivity contribution in [1.82, 2.24) is 9.78 Å². The van der Waals surface area contributed by atoms with E-state index in [1.54, 1.807) is 10.7 Å². The monoisotopic (exact) mass is 288 g/mol. The average molecular weight is 289 g/mol. The molecule has 1 unspecified atom stereocenters. The fourth-order valence-electron chi connectivity index (χ4n) is 1.74. The van der Waals surface area contributed by atoms with Crippen molar-refractivity contribution in [3.63, 3.8) is 0 Å². The third-order valence-corrected chi connectivity index (χ3v) is 3.25. The lowest BCUT2D eigenvalue weighted by molar-refractivity contribution is 0.207. The summed E-state index contributed by atoms with van der Waals surface area (Å²) in [5.74, 6) is -0.577. The molecule has 2 rings (SSSR count). The molecule has 6 heteroatoms. The fraction of sp³-hybridized carbons (Fsp3) is 0.250. The SMILES string of the molecule is CCn1ncc(Cl)c1C(O)c1ccc(Cl)c(F)c1. The second-order valence-electron chi connectivity index (χ2n) is 3.77. The summed E-state index contributed by atoms with van der Waals surface area (Å²) >= 11 is 11.6. The van der Waals surface area contributed by atoms with Crippen molar-refractivity contribution < 1.29 is 9.50 Å². The lowest BCUT2D eigenvalue weighted by atomic mass is 10.1. The molecule has 0 bridgehead atoms. The highest BCUT2D eigenvalue weighted by Gasteiger charge is 2.20. The zero-order chi connectivity index (χ0) is 13.3. The lowest BCUT2D eigenvalue weighted by Crippen LogP contribution is -2.09. The predicted octanol–water partition coefficient (Wildman–Crippen LogP) is 3.43. The van der Waals surface area contributed by atoms with E-state index in [1.807, 2.05) is 6.92 Å². The van der Waals surface area contributed by atoms with Gasteiger partial charge in [-0.2, -0.15) is 5.10 Å². The third-order valence-electron chi connectivity index (χ3n) is 2.65. The predicted molar refractivity (Wildman–Crippen MR) is 68.4 cm³/mol. The van der Waals surface area contributed by atoms with Gasteiger partial charge in [-0.25, -0.2) is 4.39 Å². The van der Waals surface area contributed by atoms with E-state index in [4.69, 9.17) is 23.2 Å². The summed E-state index contributed by atoms with van der Waals surface area (Å²) in [4.78, 5) is 0. The Morgan fingerprint density at radius 1 is 1.39 bits per heavy atom. The van der Waals surface area contributed by atoms with E-state index in [-0.39, 0.29) is 5.02 Å². The molecule has 0 saturated carbocycles. The highest BCUT2D eigenvalue weighted by Crippen LogP contribution is 2.29. The number of hydrogen-bond donors (Lipinski definition) is 1. The van der Waals surface area contributed by atoms with Gasteiger partial charge in [-0.05, 0) is 24.6 Å². The summed E-state index contributed by atoms with van der Waals surface area (Å²) in [6.07, 6.45) is 0.419. The van der Waals surface area contributed by atoms with Gasteiger partial charge < -0.3 is 5.11 Å². The molecule has 0 aliphatic rings. The van der Waals surface area contributed by atoms with Crippen LogP contribution in [0.4, 0.5) is 4.39 Å². The quantitative estimate of drug-likeness (QED) is 0.940. The van der Waals surface area contributed by atoms with Gasteiger partial charge in [-0.3, -0.25) is 4.68 Å². The highest BCUT2D eigenvalue weighted by molar-refractivity contribution is 6.31. The van der Waals surface area contributed by atoms with Gasteiger partial charge in [0.05, 0.1) is 21.9 Å². The Bertz CT molecular complexity index is 571. The van der Waals surface area contributed by atoms with Crippen LogP contribution >= 0.6 is 23.2 Å². The van der Waals surface area contributed by atoms with Crippen LogP contribution in [0.2, 0.25) is 10.0 Å². The number of nitrogens with zero attached hydrogens (tertiary/aromatic N) is 2. The number of aryl methyl sites for hydroxylation is 1. The van der Waals surface area contributed by atoms with E-state index in [1.165, 1.54) is 18.3 Å². The van der Waals surface area contributed by atoms with Crippen molar-refractivity contribution in [2.45, 2.75) is 19.6 Å². The molecule has 1 aromatic carbocycles. The standard InChI is InChI=1S/C12H11Cl2FN2O/c1-2-17-11(9(14)6-16-17)12(18)7-3-4-8(13)10(15)5-7/h3-6,12,18H,2H2,1H3. The minimum absolute atomic E-state index is 0.0149. The van der Waals surface area contributed by atoms with Crippen LogP contribution < -0.4 is 0 Å². The first kappa shape index (κ1) is 13.3. The second kappa shape index (κ2) is 5.26. The minimum atomic E-state index is -1.04. The van der Waals surface area contributed by atoms with Gasteiger partial charge in [0.2, 0.25) is 0 Å². The Labute approximate surface area is 114 Å². The Hall–Kier alpha value is -1.10. The van der Waals surface area contributed by atoms with Crippen molar-refractivity contribution in [2.75, 3.05) is 0 Å². The van der Waals surface area contributed by atoms with Gasteiger partial charge in [0.15, 0.2) is 0 Å². The first-order valence-electron chi connectivity index (χ1n) is 5.38. The van der Waals surface area contributed by atoms with Crippen molar-refractivity contribution in [1.29, 1.82) is 0 Å². The number of benzene rings is 1. The largest absolute Gasteiger partial charge is 0.382 e. The lowest BCUT2D eigenvalue weighted by Gasteiger charge is -2.14. The van der Waals surface area contributed by atoms with E-state index in [9.17, 15) is 9.50 Å². The number of aliphatic hydroxyl groups is 1. The molecule has 2 aromatic rings. The Kier molecular flexibility index (Phi) is 3.90. The third kappa shape index (κ3) is 2.36. The molecule has 3 nitrogen and oxygen atoms in total. The highest BCUT2D eigenvalue weighted by atomic mass is 35.5. The first-order valence-corrected chi connectivity index (χ1v) is 6.14. The van der Waals surface area contributed by atoms with Crippen LogP contribution in [-0.4, -0.2) is 14.9 Å². The maximum absolute atomic E-state index is 13.4. The van der Waals surface area contributed by atoms with Crippen LogP contribution in [-0.2, 0) is 6.54 Å². The molecule has 1 atom stereocenters. The normalized spacial score (nSPS) is 12.7. The molecule has 0 radical (unpaired) electrons. The van der Waals surface area contributed by atoms with Crippen LogP contribution in [0, 0.1) is 5.82 Å². The van der Waals surface area contributed by atoms with Crippen LogP contribution in [0.3, 0.4) is 0 Å². The number of hydrogen-bond acceptors (Lipinski definition) is 2. The smallest absolute Gasteiger partial charge is 0.142 e. The number of halogens is 3. The minimum Gasteiger partial charge on any atom is -0.382 e. The first-order chi connectivity index (χ1) is 8.54. The van der Waals surface area contributed by atoms with Gasteiger partial charge in [0.25, 0.3) is 0 Å². The van der Waals surface area contributed by atoms with Crippen molar-refractivity contribution in [2.24, 2.45) is 0 Å². The molecule has 18 heavy (non-hydrogen) atoms. The molecular weight excluding hydrogens is 278 g/mol. The van der Waals surface area contributed by atoms with Crippen LogP contribution in [0.1, 0.15) is 24.3 Å². The second-order valence-corrected chi connectivity index (χ2v) is 4.58. The van der Waals surface area contributed by atoms with Crippen LogP contribution in [0.25, 0.3) is 0 Å². The molecular formula is C12H11Cl2FN2O. The maximum Gasteiger partial charge on any atom is 0.142 e. The Balaban J connectivity index is 2.44. The van der Waals surface area contributed by atoms with E-state index >= 15 is 0 Å². The molecule has 0 saturated heterocycles. The summed E-state index contributed by atoms with van der Waals surface area (Å²) in [5, 5.41) is 14.6. The zero-order valence-electron chi connectivity index (χ0n) is 9.57. The molecule has 1 aromatic heterocycles. The molecule has 1 N–H and O–H groups in total. The fourth-order valence-corrected chi connectivity index (χ4v) is 2.10. The van der Waals surface area contributed by atoms with E-state index < -0.39 is 11.9 Å². The van der Waals surface area contributed by atoms with E-state index in [2.05, 4.69) is 5.10 Å². The number of aromatic nitrogens is 2. The Morgan fingerprint density at radius 3 is 2.72 bits per heavy atom. The van der Waals surface area contributed by atoms with E-state index in [0.29, 0.717) is 22.8 Å². The van der Waals surface area contributed by atoms with Gasteiger partial charge in [-0.15, -0.1) is 0 Å². The molecule has 96 valence electrons. The molecule has 0 amide bonds. The Morgan fingerprint density at radius 2 is 2.11 bits per heavy atom. The summed E-state index contributed by atoms with van der Waals surface area (Å²) in [6.45, 7) is 2.44. The van der Waals surface area contributed by atoms with Crippen LogP contribution in [0.5, 0.6) is 0 Å². The average Bonchev–Trinajstić information content (AvgIpc) is 2.73. The summed E-state index contributed by atoms with van der Waals surface area (Å²) in [5.41, 5.74) is 0.829. The van der Waals surface area contributed by atoms with Gasteiger partial charge in [0.1, 0.15) is 11.9 Å². The zero-order valence-corrected chi connectivity index (χ0v) is 11.1. The van der Waals surface area contributed by atoms with Crippen molar-refractivity contribution in [3.8, 4) is 0 Å². The molecule has 0 aliphatic heterocycles. The maximum atomic E-state index is 13.4. The van der Waals surface area contributed by atoms with Gasteiger partial charge in [0, 0.05) is 6.54 Å².